The first-order chi connectivity index (χ1) is 19.8. The van der Waals surface area contributed by atoms with Gasteiger partial charge in [0, 0.05) is 57.9 Å². The maximum atomic E-state index is 6.71. The fourth-order valence-corrected chi connectivity index (χ4v) is 9.20. The molecule has 0 fully saturated rings. The van der Waals surface area contributed by atoms with E-state index in [2.05, 4.69) is 95.7 Å². The van der Waals surface area contributed by atoms with E-state index in [9.17, 15) is 0 Å². The number of hydrogen-bond acceptors (Lipinski definition) is 5. The fraction of sp³-hybridized carbons (Fsp3) is 0. The van der Waals surface area contributed by atoms with E-state index in [4.69, 9.17) is 14.4 Å². The lowest BCUT2D eigenvalue weighted by molar-refractivity contribution is 0.673. The average molecular weight is 546 g/mol. The molecule has 7 heterocycles. The Morgan fingerprint density at radius 3 is 1.88 bits per heavy atom. The molecular weight excluding hydrogens is 531 g/mol. The van der Waals surface area contributed by atoms with Crippen LogP contribution >= 0.6 is 22.7 Å². The molecule has 0 atom stereocenters. The van der Waals surface area contributed by atoms with E-state index in [0.717, 1.165) is 42.6 Å². The van der Waals surface area contributed by atoms with Gasteiger partial charge in [-0.15, -0.1) is 22.7 Å². The van der Waals surface area contributed by atoms with Gasteiger partial charge in [-0.2, -0.15) is 0 Å². The Balaban J connectivity index is 1.54. The van der Waals surface area contributed by atoms with Crippen LogP contribution in [0, 0.1) is 0 Å². The molecule has 0 aliphatic rings. The van der Waals surface area contributed by atoms with Gasteiger partial charge < -0.3 is 8.82 Å². The number of nitrogens with zero attached hydrogens (tertiary/aromatic N) is 3. The van der Waals surface area contributed by atoms with Gasteiger partial charge in [-0.05, 0) is 24.3 Å². The molecule has 184 valence electrons. The van der Waals surface area contributed by atoms with Crippen molar-refractivity contribution in [1.82, 2.24) is 14.4 Å². The lowest BCUT2D eigenvalue weighted by atomic mass is 10.0. The van der Waals surface area contributed by atoms with Crippen LogP contribution in [0.15, 0.2) is 95.7 Å². The third-order valence-corrected chi connectivity index (χ3v) is 10.8. The molecule has 0 spiro atoms. The topological polar surface area (TPSA) is 43.3 Å². The number of thiophene rings is 2. The predicted octanol–water partition coefficient (Wildman–Crippen LogP) is 10.3. The molecule has 0 unspecified atom stereocenters. The molecule has 0 aliphatic heterocycles. The van der Waals surface area contributed by atoms with Crippen molar-refractivity contribution in [3.05, 3.63) is 91.3 Å². The minimum atomic E-state index is 0.916. The fourth-order valence-electron chi connectivity index (χ4n) is 7.09. The molecule has 4 aromatic carbocycles. The van der Waals surface area contributed by atoms with Gasteiger partial charge in [0.1, 0.15) is 20.8 Å². The summed E-state index contributed by atoms with van der Waals surface area (Å²) in [6.45, 7) is 0. The van der Waals surface area contributed by atoms with Crippen LogP contribution in [0.25, 0.3) is 101 Å². The summed E-state index contributed by atoms with van der Waals surface area (Å²) < 4.78 is 11.6. The summed E-state index contributed by atoms with van der Waals surface area (Å²) in [5.74, 6) is 0. The van der Waals surface area contributed by atoms with Crippen LogP contribution in [0.4, 0.5) is 0 Å². The highest BCUT2D eigenvalue weighted by molar-refractivity contribution is 7.26. The molecule has 40 heavy (non-hydrogen) atoms. The number of para-hydroxylation sites is 1. The van der Waals surface area contributed by atoms with E-state index in [1.165, 1.54) is 58.0 Å². The summed E-state index contributed by atoms with van der Waals surface area (Å²) in [6.07, 6.45) is 4.11. The van der Waals surface area contributed by atoms with Crippen molar-refractivity contribution in [2.45, 2.75) is 0 Å². The normalized spacial score (nSPS) is 13.0. The molecule has 0 radical (unpaired) electrons. The van der Waals surface area contributed by atoms with Crippen molar-refractivity contribution >= 4 is 123 Å². The Kier molecular flexibility index (Phi) is 3.37. The molecule has 0 saturated carbocycles. The summed E-state index contributed by atoms with van der Waals surface area (Å²) in [6, 6.07) is 28.1. The van der Waals surface area contributed by atoms with Gasteiger partial charge in [0.25, 0.3) is 0 Å². The van der Waals surface area contributed by atoms with Crippen molar-refractivity contribution in [1.29, 1.82) is 0 Å². The number of fused-ring (bicyclic) bond motifs is 18. The predicted molar refractivity (Wildman–Crippen MR) is 170 cm³/mol. The lowest BCUT2D eigenvalue weighted by Crippen LogP contribution is -1.84. The molecule has 0 amide bonds. The average Bonchev–Trinajstić information content (AvgIpc) is 3.78. The lowest BCUT2D eigenvalue weighted by Gasteiger charge is -2.02. The van der Waals surface area contributed by atoms with E-state index in [1.54, 1.807) is 22.7 Å². The van der Waals surface area contributed by atoms with Crippen LogP contribution in [0.2, 0.25) is 0 Å². The summed E-state index contributed by atoms with van der Waals surface area (Å²) >= 11 is 3.52. The van der Waals surface area contributed by atoms with Crippen LogP contribution in [-0.4, -0.2) is 14.4 Å². The van der Waals surface area contributed by atoms with E-state index in [1.807, 2.05) is 0 Å². The molecule has 0 aliphatic carbocycles. The van der Waals surface area contributed by atoms with E-state index in [-0.39, 0.29) is 0 Å². The van der Waals surface area contributed by atoms with Gasteiger partial charge in [-0.1, -0.05) is 54.6 Å². The smallest absolute Gasteiger partial charge is 0.145 e. The number of rotatable bonds is 0. The molecular formula is C34H15N3OS2. The molecule has 11 aromatic rings. The van der Waals surface area contributed by atoms with Crippen molar-refractivity contribution < 1.29 is 4.42 Å². The quantitative estimate of drug-likeness (QED) is 0.190. The molecule has 4 nitrogen and oxygen atoms in total. The summed E-state index contributed by atoms with van der Waals surface area (Å²) in [5, 5.41) is 12.1. The third-order valence-electron chi connectivity index (χ3n) is 8.64. The SMILES string of the molecule is c1ccc2c(c1)oc1c2cc2c3c4c(ncc3n3c5cnc6sc7ccccc7c6c5c1c23)sc1ccccc14. The van der Waals surface area contributed by atoms with Gasteiger partial charge in [-0.25, -0.2) is 9.97 Å². The second-order valence-electron chi connectivity index (χ2n) is 10.6. The molecule has 6 heteroatoms. The number of furan rings is 1. The van der Waals surface area contributed by atoms with Crippen molar-refractivity contribution in [3.8, 4) is 0 Å². The third kappa shape index (κ3) is 2.16. The van der Waals surface area contributed by atoms with Gasteiger partial charge >= 0.3 is 0 Å². The number of benzene rings is 4. The van der Waals surface area contributed by atoms with Crippen molar-refractivity contribution in [2.75, 3.05) is 0 Å². The zero-order chi connectivity index (χ0) is 25.7. The minimum absolute atomic E-state index is 0.916. The first-order valence-electron chi connectivity index (χ1n) is 13.2. The number of aromatic nitrogens is 3. The minimum Gasteiger partial charge on any atom is -0.455 e. The second kappa shape index (κ2) is 6.67. The first kappa shape index (κ1) is 20.2. The van der Waals surface area contributed by atoms with E-state index in [0.29, 0.717) is 0 Å². The van der Waals surface area contributed by atoms with E-state index < -0.39 is 0 Å². The highest BCUT2D eigenvalue weighted by Crippen LogP contribution is 2.50. The second-order valence-corrected chi connectivity index (χ2v) is 12.6. The Bertz CT molecular complexity index is 2880. The Labute approximate surface area is 232 Å². The van der Waals surface area contributed by atoms with Gasteiger partial charge in [-0.3, -0.25) is 0 Å². The number of hydrogen-bond donors (Lipinski definition) is 0. The monoisotopic (exact) mass is 545 g/mol. The Morgan fingerprint density at radius 1 is 0.550 bits per heavy atom. The zero-order valence-corrected chi connectivity index (χ0v) is 22.4. The van der Waals surface area contributed by atoms with Gasteiger partial charge in [0.15, 0.2) is 0 Å². The Morgan fingerprint density at radius 2 is 1.15 bits per heavy atom. The van der Waals surface area contributed by atoms with Crippen molar-refractivity contribution in [3.63, 3.8) is 0 Å². The molecule has 11 rings (SSSR count). The van der Waals surface area contributed by atoms with Crippen LogP contribution in [0.5, 0.6) is 0 Å². The molecule has 0 saturated heterocycles. The zero-order valence-electron chi connectivity index (χ0n) is 20.7. The van der Waals surface area contributed by atoms with Gasteiger partial charge in [0.2, 0.25) is 0 Å². The summed E-state index contributed by atoms with van der Waals surface area (Å²) in [7, 11) is 0. The molecule has 0 N–H and O–H groups in total. The highest BCUT2D eigenvalue weighted by atomic mass is 32.1. The first-order valence-corrected chi connectivity index (χ1v) is 14.9. The van der Waals surface area contributed by atoms with Crippen LogP contribution in [0.1, 0.15) is 0 Å². The van der Waals surface area contributed by atoms with Gasteiger partial charge in [0.05, 0.1) is 34.3 Å². The largest absolute Gasteiger partial charge is 0.455 e. The highest BCUT2D eigenvalue weighted by Gasteiger charge is 2.27. The molecule has 7 aromatic heterocycles. The Hall–Kier alpha value is -4.78. The maximum absolute atomic E-state index is 6.71. The van der Waals surface area contributed by atoms with Crippen molar-refractivity contribution in [2.24, 2.45) is 0 Å². The molecule has 0 bridgehead atoms. The number of pyridine rings is 2. The van der Waals surface area contributed by atoms with Crippen LogP contribution < -0.4 is 0 Å². The van der Waals surface area contributed by atoms with Crippen LogP contribution in [-0.2, 0) is 0 Å². The summed E-state index contributed by atoms with van der Waals surface area (Å²) in [5.41, 5.74) is 5.26. The van der Waals surface area contributed by atoms with E-state index >= 15 is 0 Å². The standard InChI is InChI=1S/C34H15N3OS2/c1-4-10-23-16(7-1)19-13-20-26-21(14-35-33-27(26)17-8-2-5-11-24(17)39-33)37-22-15-36-34-28(18-9-3-6-12-25(18)40-34)29(22)30(31(20)37)32(19)38-23/h1-15H. The summed E-state index contributed by atoms with van der Waals surface area (Å²) in [4.78, 5) is 12.2. The maximum Gasteiger partial charge on any atom is 0.145 e. The van der Waals surface area contributed by atoms with Crippen LogP contribution in [0.3, 0.4) is 0 Å².